The molecule has 0 aliphatic carbocycles. The van der Waals surface area contributed by atoms with Crippen molar-refractivity contribution in [3.05, 3.63) is 69.8 Å². The first-order chi connectivity index (χ1) is 14.6. The second-order valence-electron chi connectivity index (χ2n) is 8.01. The summed E-state index contributed by atoms with van der Waals surface area (Å²) in [7, 11) is -3.16. The minimum absolute atomic E-state index is 0.0552. The summed E-state index contributed by atoms with van der Waals surface area (Å²) in [6, 6.07) is 13.0. The molecule has 1 aliphatic rings. The van der Waals surface area contributed by atoms with Crippen molar-refractivity contribution in [1.29, 1.82) is 0 Å². The lowest BCUT2D eigenvalue weighted by Crippen LogP contribution is -2.43. The van der Waals surface area contributed by atoms with Crippen molar-refractivity contribution in [2.24, 2.45) is 0 Å². The molecule has 1 atom stereocenters. The summed E-state index contributed by atoms with van der Waals surface area (Å²) in [4.78, 5) is 24.8. The maximum Gasteiger partial charge on any atom is 0.269 e. The van der Waals surface area contributed by atoms with Crippen LogP contribution in [-0.4, -0.2) is 48.3 Å². The number of amides is 1. The van der Waals surface area contributed by atoms with Crippen molar-refractivity contribution >= 4 is 21.4 Å². The third-order valence-electron chi connectivity index (χ3n) is 5.38. The molecule has 9 heteroatoms. The fourth-order valence-corrected chi connectivity index (χ4v) is 5.27. The maximum absolute atomic E-state index is 13.0. The Hall–Kier alpha value is -2.94. The van der Waals surface area contributed by atoms with Crippen LogP contribution in [0.5, 0.6) is 5.75 Å². The number of hydrogen-bond donors (Lipinski definition) is 0. The first kappa shape index (κ1) is 22.7. The summed E-state index contributed by atoms with van der Waals surface area (Å²) in [5.74, 6) is 0.409. The van der Waals surface area contributed by atoms with Gasteiger partial charge in [-0.05, 0) is 35.6 Å². The zero-order valence-corrected chi connectivity index (χ0v) is 18.4. The van der Waals surface area contributed by atoms with Crippen molar-refractivity contribution in [2.75, 3.05) is 18.1 Å². The minimum Gasteiger partial charge on any atom is -0.484 e. The zero-order chi connectivity index (χ0) is 22.6. The average Bonchev–Trinajstić information content (AvgIpc) is 3.10. The molecule has 31 heavy (non-hydrogen) atoms. The highest BCUT2D eigenvalue weighted by molar-refractivity contribution is 7.91. The van der Waals surface area contributed by atoms with Crippen LogP contribution in [0.25, 0.3) is 0 Å². The predicted molar refractivity (Wildman–Crippen MR) is 117 cm³/mol. The number of ether oxygens (including phenoxy) is 1. The summed E-state index contributed by atoms with van der Waals surface area (Å²) in [6.07, 6.45) is 0.398. The van der Waals surface area contributed by atoms with Crippen LogP contribution >= 0.6 is 0 Å². The van der Waals surface area contributed by atoms with E-state index in [4.69, 9.17) is 4.74 Å². The van der Waals surface area contributed by atoms with E-state index in [2.05, 4.69) is 13.8 Å². The van der Waals surface area contributed by atoms with Gasteiger partial charge in [0.15, 0.2) is 16.4 Å². The molecule has 1 aliphatic heterocycles. The van der Waals surface area contributed by atoms with Crippen molar-refractivity contribution in [1.82, 2.24) is 4.90 Å². The van der Waals surface area contributed by atoms with Crippen molar-refractivity contribution in [2.45, 2.75) is 38.8 Å². The number of carbonyl (C=O) groups is 1. The molecule has 0 radical (unpaired) electrons. The lowest BCUT2D eigenvalue weighted by molar-refractivity contribution is -0.384. The predicted octanol–water partition coefficient (Wildman–Crippen LogP) is 3.31. The summed E-state index contributed by atoms with van der Waals surface area (Å²) in [5, 5.41) is 10.8. The van der Waals surface area contributed by atoms with E-state index in [0.717, 1.165) is 5.56 Å². The van der Waals surface area contributed by atoms with Crippen LogP contribution < -0.4 is 4.74 Å². The smallest absolute Gasteiger partial charge is 0.269 e. The van der Waals surface area contributed by atoms with Gasteiger partial charge in [0, 0.05) is 24.7 Å². The number of nitrogens with zero attached hydrogens (tertiary/aromatic N) is 2. The Morgan fingerprint density at radius 3 is 2.32 bits per heavy atom. The van der Waals surface area contributed by atoms with Gasteiger partial charge in [-0.1, -0.05) is 38.1 Å². The summed E-state index contributed by atoms with van der Waals surface area (Å²) < 4.78 is 29.5. The molecule has 2 aromatic rings. The maximum atomic E-state index is 13.0. The van der Waals surface area contributed by atoms with Crippen molar-refractivity contribution in [3.8, 4) is 5.75 Å². The first-order valence-electron chi connectivity index (χ1n) is 10.1. The van der Waals surface area contributed by atoms with E-state index in [1.807, 2.05) is 24.3 Å². The number of benzene rings is 2. The SMILES string of the molecule is CC(C)c1ccc(CN(C(=O)COc2ccc([N+](=O)[O-])cc2)[C@@H]2CCS(=O)(=O)C2)cc1. The van der Waals surface area contributed by atoms with Crippen LogP contribution in [-0.2, 0) is 21.2 Å². The molecule has 0 aromatic heterocycles. The van der Waals surface area contributed by atoms with Gasteiger partial charge in [0.2, 0.25) is 0 Å². The molecule has 0 N–H and O–H groups in total. The monoisotopic (exact) mass is 446 g/mol. The van der Waals surface area contributed by atoms with Crippen LogP contribution in [0, 0.1) is 10.1 Å². The third kappa shape index (κ3) is 6.04. The Balaban J connectivity index is 1.72. The summed E-state index contributed by atoms with van der Waals surface area (Å²) >= 11 is 0. The van der Waals surface area contributed by atoms with Crippen LogP contribution in [0.15, 0.2) is 48.5 Å². The molecule has 0 unspecified atom stereocenters. The van der Waals surface area contributed by atoms with Gasteiger partial charge in [0.1, 0.15) is 5.75 Å². The molecule has 0 spiro atoms. The highest BCUT2D eigenvalue weighted by Crippen LogP contribution is 2.23. The Bertz CT molecular complexity index is 1030. The van der Waals surface area contributed by atoms with Crippen LogP contribution in [0.1, 0.15) is 37.3 Å². The minimum atomic E-state index is -3.16. The van der Waals surface area contributed by atoms with E-state index in [0.29, 0.717) is 24.6 Å². The standard InChI is InChI=1S/C22H26N2O6S/c1-16(2)18-5-3-17(4-6-18)13-23(20-11-12-31(28,29)15-20)22(25)14-30-21-9-7-19(8-10-21)24(26)27/h3-10,16,20H,11-15H2,1-2H3/t20-/m1/s1. The molecule has 0 bridgehead atoms. The normalized spacial score (nSPS) is 17.5. The number of nitro groups is 1. The number of sulfone groups is 1. The molecule has 1 heterocycles. The first-order valence-corrected chi connectivity index (χ1v) is 11.9. The van der Waals surface area contributed by atoms with Gasteiger partial charge in [0.25, 0.3) is 11.6 Å². The van der Waals surface area contributed by atoms with Gasteiger partial charge < -0.3 is 9.64 Å². The van der Waals surface area contributed by atoms with Crippen LogP contribution in [0.4, 0.5) is 5.69 Å². The van der Waals surface area contributed by atoms with Gasteiger partial charge in [-0.3, -0.25) is 14.9 Å². The van der Waals surface area contributed by atoms with Crippen molar-refractivity contribution in [3.63, 3.8) is 0 Å². The molecule has 1 saturated heterocycles. The zero-order valence-electron chi connectivity index (χ0n) is 17.6. The van der Waals surface area contributed by atoms with E-state index >= 15 is 0 Å². The fourth-order valence-electron chi connectivity index (χ4n) is 3.54. The van der Waals surface area contributed by atoms with E-state index in [9.17, 15) is 23.3 Å². The van der Waals surface area contributed by atoms with Gasteiger partial charge in [-0.2, -0.15) is 0 Å². The molecule has 8 nitrogen and oxygen atoms in total. The Labute approximate surface area is 181 Å². The summed E-state index contributed by atoms with van der Waals surface area (Å²) in [6.45, 7) is 4.22. The number of hydrogen-bond acceptors (Lipinski definition) is 6. The highest BCUT2D eigenvalue weighted by Gasteiger charge is 2.34. The lowest BCUT2D eigenvalue weighted by Gasteiger charge is -2.28. The topological polar surface area (TPSA) is 107 Å². The molecular formula is C22H26N2O6S. The molecule has 1 amide bonds. The van der Waals surface area contributed by atoms with Gasteiger partial charge in [-0.25, -0.2) is 8.42 Å². The molecule has 3 rings (SSSR count). The third-order valence-corrected chi connectivity index (χ3v) is 7.13. The molecular weight excluding hydrogens is 420 g/mol. The van der Waals surface area contributed by atoms with E-state index < -0.39 is 20.8 Å². The molecule has 166 valence electrons. The van der Waals surface area contributed by atoms with Crippen molar-refractivity contribution < 1.29 is 22.9 Å². The molecule has 0 saturated carbocycles. The summed E-state index contributed by atoms with van der Waals surface area (Å²) in [5.41, 5.74) is 2.03. The van der Waals surface area contributed by atoms with Crippen LogP contribution in [0.2, 0.25) is 0 Å². The molecule has 2 aromatic carbocycles. The number of rotatable bonds is 8. The van der Waals surface area contributed by atoms with E-state index in [1.54, 1.807) is 4.90 Å². The van der Waals surface area contributed by atoms with E-state index in [-0.39, 0.29) is 29.7 Å². The number of nitro benzene ring substituents is 1. The second-order valence-corrected chi connectivity index (χ2v) is 10.2. The van der Waals surface area contributed by atoms with Gasteiger partial charge in [-0.15, -0.1) is 0 Å². The number of carbonyl (C=O) groups excluding carboxylic acids is 1. The molecule has 1 fully saturated rings. The quantitative estimate of drug-likeness (QED) is 0.455. The second kappa shape index (κ2) is 9.47. The van der Waals surface area contributed by atoms with Crippen LogP contribution in [0.3, 0.4) is 0 Å². The van der Waals surface area contributed by atoms with Gasteiger partial charge >= 0.3 is 0 Å². The Morgan fingerprint density at radius 1 is 1.16 bits per heavy atom. The number of non-ortho nitro benzene ring substituents is 1. The van der Waals surface area contributed by atoms with E-state index in [1.165, 1.54) is 29.8 Å². The highest BCUT2D eigenvalue weighted by atomic mass is 32.2. The fraction of sp³-hybridized carbons (Fsp3) is 0.409. The van der Waals surface area contributed by atoms with Gasteiger partial charge in [0.05, 0.1) is 16.4 Å². The lowest BCUT2D eigenvalue weighted by atomic mass is 10.0. The Kier molecular flexibility index (Phi) is 6.94. The average molecular weight is 447 g/mol. The largest absolute Gasteiger partial charge is 0.484 e. The Morgan fingerprint density at radius 2 is 1.81 bits per heavy atom.